The van der Waals surface area contributed by atoms with Crippen molar-refractivity contribution in [3.8, 4) is 0 Å². The molecule has 4 amide bonds. The lowest BCUT2D eigenvalue weighted by molar-refractivity contribution is -0.128. The molecule has 17 heavy (non-hydrogen) atoms. The Kier molecular flexibility index (Phi) is 3.14. The number of barbiturate groups is 1. The van der Waals surface area contributed by atoms with Crippen molar-refractivity contribution in [3.05, 3.63) is 24.3 Å². The molecule has 1 saturated heterocycles. The monoisotopic (exact) mass is 250 g/mol. The maximum absolute atomic E-state index is 11.7. The Balaban J connectivity index is 2.34. The molecule has 1 heterocycles. The minimum absolute atomic E-state index is 0.296. The average molecular weight is 250 g/mol. The van der Waals surface area contributed by atoms with E-state index in [4.69, 9.17) is 0 Å². The maximum Gasteiger partial charge on any atom is 0.335 e. The molecule has 1 fully saturated rings. The first-order valence-electron chi connectivity index (χ1n) is 4.92. The van der Waals surface area contributed by atoms with Gasteiger partial charge in [0.25, 0.3) is 0 Å². The van der Waals surface area contributed by atoms with Gasteiger partial charge in [-0.1, -0.05) is 6.07 Å². The molecule has 1 aliphatic heterocycles. The number of nitrogens with zero attached hydrogens (tertiary/aromatic N) is 1. The molecule has 0 radical (unpaired) electrons. The summed E-state index contributed by atoms with van der Waals surface area (Å²) in [6.07, 6.45) is 1.61. The third-order valence-corrected chi connectivity index (χ3v) is 3.05. The van der Waals surface area contributed by atoms with Crippen molar-refractivity contribution in [3.63, 3.8) is 0 Å². The van der Waals surface area contributed by atoms with Crippen molar-refractivity contribution in [1.82, 2.24) is 5.32 Å². The van der Waals surface area contributed by atoms with E-state index >= 15 is 0 Å². The molecule has 0 saturated carbocycles. The van der Waals surface area contributed by atoms with Crippen molar-refractivity contribution in [2.75, 3.05) is 11.2 Å². The summed E-state index contributed by atoms with van der Waals surface area (Å²) in [5.74, 6) is -1.06. The van der Waals surface area contributed by atoms with E-state index < -0.39 is 17.8 Å². The first-order valence-corrected chi connectivity index (χ1v) is 6.15. The Morgan fingerprint density at radius 3 is 2.71 bits per heavy atom. The van der Waals surface area contributed by atoms with Gasteiger partial charge in [0, 0.05) is 4.90 Å². The summed E-state index contributed by atoms with van der Waals surface area (Å²) < 4.78 is 0. The molecule has 5 nitrogen and oxygen atoms in total. The normalized spacial score (nSPS) is 16.1. The summed E-state index contributed by atoms with van der Waals surface area (Å²) in [7, 11) is 0. The number of nitrogens with one attached hydrogen (secondary N) is 1. The zero-order chi connectivity index (χ0) is 12.4. The molecule has 0 atom stereocenters. The third kappa shape index (κ3) is 2.31. The highest BCUT2D eigenvalue weighted by molar-refractivity contribution is 7.98. The minimum atomic E-state index is -0.690. The van der Waals surface area contributed by atoms with Crippen LogP contribution in [0.25, 0.3) is 0 Å². The minimum Gasteiger partial charge on any atom is -0.277 e. The lowest BCUT2D eigenvalue weighted by Crippen LogP contribution is -2.52. The zero-order valence-corrected chi connectivity index (χ0v) is 9.91. The number of urea groups is 1. The fourth-order valence-electron chi connectivity index (χ4n) is 1.56. The van der Waals surface area contributed by atoms with Gasteiger partial charge in [-0.25, -0.2) is 9.69 Å². The van der Waals surface area contributed by atoms with E-state index in [0.29, 0.717) is 5.69 Å². The second-order valence-electron chi connectivity index (χ2n) is 3.46. The highest BCUT2D eigenvalue weighted by Gasteiger charge is 2.31. The van der Waals surface area contributed by atoms with Gasteiger partial charge in [-0.15, -0.1) is 11.8 Å². The number of thioether (sulfide) groups is 1. The van der Waals surface area contributed by atoms with Crippen LogP contribution in [0.5, 0.6) is 0 Å². The van der Waals surface area contributed by atoms with Crippen LogP contribution in [0, 0.1) is 0 Å². The topological polar surface area (TPSA) is 66.5 Å². The molecule has 0 unspecified atom stereocenters. The van der Waals surface area contributed by atoms with Crippen molar-refractivity contribution in [2.24, 2.45) is 0 Å². The van der Waals surface area contributed by atoms with E-state index in [1.165, 1.54) is 11.8 Å². The first-order chi connectivity index (χ1) is 8.11. The van der Waals surface area contributed by atoms with Crippen LogP contribution in [0.3, 0.4) is 0 Å². The first kappa shape index (κ1) is 11.7. The third-order valence-electron chi connectivity index (χ3n) is 2.32. The molecule has 0 aromatic heterocycles. The number of amides is 4. The highest BCUT2D eigenvalue weighted by atomic mass is 32.2. The van der Waals surface area contributed by atoms with Gasteiger partial charge < -0.3 is 0 Å². The fourth-order valence-corrected chi connectivity index (χ4v) is 2.01. The van der Waals surface area contributed by atoms with Crippen LogP contribution in [0.4, 0.5) is 10.5 Å². The molecule has 2 rings (SSSR count). The molecule has 88 valence electrons. The predicted molar refractivity (Wildman–Crippen MR) is 63.9 cm³/mol. The van der Waals surface area contributed by atoms with E-state index in [-0.39, 0.29) is 6.42 Å². The number of rotatable bonds is 2. The van der Waals surface area contributed by atoms with E-state index in [1.807, 2.05) is 12.3 Å². The van der Waals surface area contributed by atoms with E-state index in [0.717, 1.165) is 9.80 Å². The number of carbonyl (C=O) groups is 3. The predicted octanol–water partition coefficient (Wildman–Crippen LogP) is 1.38. The summed E-state index contributed by atoms with van der Waals surface area (Å²) in [5.41, 5.74) is 0.479. The second-order valence-corrected chi connectivity index (χ2v) is 4.34. The van der Waals surface area contributed by atoms with Gasteiger partial charge >= 0.3 is 6.03 Å². The second kappa shape index (κ2) is 4.58. The molecular weight excluding hydrogens is 240 g/mol. The molecule has 0 spiro atoms. The number of anilines is 1. The van der Waals surface area contributed by atoms with Crippen LogP contribution in [0.1, 0.15) is 6.42 Å². The largest absolute Gasteiger partial charge is 0.335 e. The molecule has 0 bridgehead atoms. The number of carbonyl (C=O) groups excluding carboxylic acids is 3. The Morgan fingerprint density at radius 2 is 2.06 bits per heavy atom. The molecule has 0 aliphatic carbocycles. The van der Waals surface area contributed by atoms with Crippen molar-refractivity contribution in [1.29, 1.82) is 0 Å². The summed E-state index contributed by atoms with van der Waals surface area (Å²) in [5, 5.41) is 2.12. The van der Waals surface area contributed by atoms with Gasteiger partial charge in [0.1, 0.15) is 6.42 Å². The Morgan fingerprint density at radius 1 is 1.29 bits per heavy atom. The van der Waals surface area contributed by atoms with Gasteiger partial charge in [-0.05, 0) is 24.5 Å². The Labute approximate surface area is 102 Å². The van der Waals surface area contributed by atoms with E-state index in [2.05, 4.69) is 5.32 Å². The van der Waals surface area contributed by atoms with Gasteiger partial charge in [0.15, 0.2) is 0 Å². The number of hydrogen-bond acceptors (Lipinski definition) is 4. The van der Waals surface area contributed by atoms with E-state index in [1.54, 1.807) is 18.2 Å². The van der Waals surface area contributed by atoms with Crippen LogP contribution in [0.15, 0.2) is 29.2 Å². The van der Waals surface area contributed by atoms with Crippen molar-refractivity contribution < 1.29 is 14.4 Å². The van der Waals surface area contributed by atoms with Gasteiger partial charge in [-0.3, -0.25) is 14.9 Å². The number of benzene rings is 1. The number of imide groups is 2. The van der Waals surface area contributed by atoms with E-state index in [9.17, 15) is 14.4 Å². The molecule has 1 aromatic rings. The highest BCUT2D eigenvalue weighted by Crippen LogP contribution is 2.23. The lowest BCUT2D eigenvalue weighted by Gasteiger charge is -2.24. The maximum atomic E-state index is 11.7. The quantitative estimate of drug-likeness (QED) is 0.636. The smallest absolute Gasteiger partial charge is 0.277 e. The lowest BCUT2D eigenvalue weighted by atomic mass is 10.2. The zero-order valence-electron chi connectivity index (χ0n) is 9.10. The standard InChI is InChI=1S/C11H10N2O3S/c1-17-8-4-2-3-7(5-8)13-10(15)6-9(14)12-11(13)16/h2-5H,6H2,1H3,(H,12,14,16). The van der Waals surface area contributed by atoms with Crippen molar-refractivity contribution >= 4 is 35.3 Å². The molecule has 1 aromatic carbocycles. The van der Waals surface area contributed by atoms with Gasteiger partial charge in [0.05, 0.1) is 5.69 Å². The van der Waals surface area contributed by atoms with Gasteiger partial charge in [-0.2, -0.15) is 0 Å². The molecule has 1 aliphatic rings. The Hall–Kier alpha value is -1.82. The van der Waals surface area contributed by atoms with Gasteiger partial charge in [0.2, 0.25) is 11.8 Å². The van der Waals surface area contributed by atoms with Crippen LogP contribution in [-0.4, -0.2) is 24.1 Å². The summed E-state index contributed by atoms with van der Waals surface area (Å²) >= 11 is 1.51. The van der Waals surface area contributed by atoms with Crippen LogP contribution in [0.2, 0.25) is 0 Å². The molecule has 1 N–H and O–H groups in total. The SMILES string of the molecule is CSc1cccc(N2C(=O)CC(=O)NC2=O)c1. The average Bonchev–Trinajstić information content (AvgIpc) is 2.28. The fraction of sp³-hybridized carbons (Fsp3) is 0.182. The summed E-state index contributed by atoms with van der Waals surface area (Å²) in [6.45, 7) is 0. The Bertz CT molecular complexity index is 481. The summed E-state index contributed by atoms with van der Waals surface area (Å²) in [6, 6.07) is 6.35. The van der Waals surface area contributed by atoms with Crippen LogP contribution in [-0.2, 0) is 9.59 Å². The van der Waals surface area contributed by atoms with Crippen LogP contribution >= 0.6 is 11.8 Å². The molecule has 6 heteroatoms. The van der Waals surface area contributed by atoms with Crippen LogP contribution < -0.4 is 10.2 Å². The summed E-state index contributed by atoms with van der Waals surface area (Å²) in [4.78, 5) is 36.2. The van der Waals surface area contributed by atoms with Crippen molar-refractivity contribution in [2.45, 2.75) is 11.3 Å². The molecular formula is C11H10N2O3S. The number of hydrogen-bond donors (Lipinski definition) is 1.